The molecule has 1 amide bonds. The Balaban J connectivity index is 1.62. The molecule has 0 aromatic heterocycles. The highest BCUT2D eigenvalue weighted by molar-refractivity contribution is 7.89. The summed E-state index contributed by atoms with van der Waals surface area (Å²) in [7, 11) is -2.08. The number of methoxy groups -OCH3 is 1. The average molecular weight is 464 g/mol. The number of rotatable bonds is 8. The molecule has 1 aromatic carbocycles. The molecule has 3 fully saturated rings. The summed E-state index contributed by atoms with van der Waals surface area (Å²) in [6.45, 7) is 8.76. The number of benzene rings is 1. The van der Waals surface area contributed by atoms with Gasteiger partial charge in [-0.3, -0.25) is 4.79 Å². The van der Waals surface area contributed by atoms with Gasteiger partial charge >= 0.3 is 0 Å². The van der Waals surface area contributed by atoms with E-state index in [1.54, 1.807) is 25.3 Å². The fraction of sp³-hybridized carbons (Fsp3) is 0.708. The van der Waals surface area contributed by atoms with Crippen molar-refractivity contribution in [3.8, 4) is 0 Å². The van der Waals surface area contributed by atoms with Crippen LogP contribution in [0, 0.1) is 16.7 Å². The lowest BCUT2D eigenvalue weighted by atomic mass is 9.68. The number of carbonyl (C=O) groups excluding carboxylic acids is 1. The van der Waals surface area contributed by atoms with Crippen LogP contribution in [-0.4, -0.2) is 58.0 Å². The predicted octanol–water partition coefficient (Wildman–Crippen LogP) is 3.47. The number of hydrogen-bond donors (Lipinski definition) is 2. The zero-order chi connectivity index (χ0) is 23.1. The third-order valence-corrected chi connectivity index (χ3v) is 10.0. The number of amides is 1. The molecule has 4 rings (SSSR count). The number of ether oxygens (including phenoxy) is 1. The molecule has 1 unspecified atom stereocenters. The Morgan fingerprint density at radius 2 is 1.94 bits per heavy atom. The van der Waals surface area contributed by atoms with Crippen LogP contribution in [0.4, 0.5) is 5.69 Å². The standard InChI is InChI=1S/C24H37N3O4S/c1-23(2)18-9-10-24(3,16-18)22(23)26-21(28)17-7-8-19(25-11-14-31-4)20(15-17)32(29,30)27-12-5-6-13-27/h7-8,15,18,22,25H,5-6,9-14,16H2,1-4H3,(H,26,28)/t18-,22?,24+/m1/s1. The van der Waals surface area contributed by atoms with Crippen molar-refractivity contribution in [3.05, 3.63) is 23.8 Å². The Bertz CT molecular complexity index is 967. The molecule has 2 N–H and O–H groups in total. The van der Waals surface area contributed by atoms with E-state index in [4.69, 9.17) is 4.74 Å². The summed E-state index contributed by atoms with van der Waals surface area (Å²) < 4.78 is 33.4. The first-order chi connectivity index (χ1) is 15.1. The number of sulfonamides is 1. The number of fused-ring (bicyclic) bond motifs is 2. The van der Waals surface area contributed by atoms with Gasteiger partial charge in [-0.2, -0.15) is 4.31 Å². The molecular weight excluding hydrogens is 426 g/mol. The van der Waals surface area contributed by atoms with Crippen molar-refractivity contribution in [1.82, 2.24) is 9.62 Å². The first kappa shape index (κ1) is 23.5. The van der Waals surface area contributed by atoms with Gasteiger partial charge in [0.1, 0.15) is 4.90 Å². The smallest absolute Gasteiger partial charge is 0.251 e. The largest absolute Gasteiger partial charge is 0.383 e. The SMILES string of the molecule is COCCNc1ccc(C(=O)NC2C(C)(C)[C@@H]3CC[C@@]2(C)C3)cc1S(=O)(=O)N1CCCC1. The monoisotopic (exact) mass is 463 g/mol. The van der Waals surface area contributed by atoms with Gasteiger partial charge in [0.05, 0.1) is 12.3 Å². The van der Waals surface area contributed by atoms with E-state index in [1.807, 2.05) is 0 Å². The lowest BCUT2D eigenvalue weighted by Crippen LogP contribution is -2.52. The summed E-state index contributed by atoms with van der Waals surface area (Å²) in [5.41, 5.74) is 1.05. The molecular formula is C24H37N3O4S. The van der Waals surface area contributed by atoms with Crippen molar-refractivity contribution in [2.45, 2.75) is 63.8 Å². The first-order valence-corrected chi connectivity index (χ1v) is 13.2. The molecule has 32 heavy (non-hydrogen) atoms. The summed E-state index contributed by atoms with van der Waals surface area (Å²) in [5, 5.41) is 6.45. The Labute approximate surface area is 192 Å². The first-order valence-electron chi connectivity index (χ1n) is 11.8. The van der Waals surface area contributed by atoms with Crippen LogP contribution in [0.25, 0.3) is 0 Å². The molecule has 2 aliphatic carbocycles. The van der Waals surface area contributed by atoms with Gasteiger partial charge in [-0.15, -0.1) is 0 Å². The molecule has 3 aliphatic rings. The highest BCUT2D eigenvalue weighted by Crippen LogP contribution is 2.62. The van der Waals surface area contributed by atoms with E-state index < -0.39 is 10.0 Å². The summed E-state index contributed by atoms with van der Waals surface area (Å²) >= 11 is 0. The minimum absolute atomic E-state index is 0.0365. The molecule has 3 atom stereocenters. The molecule has 2 saturated carbocycles. The van der Waals surface area contributed by atoms with Crippen molar-refractivity contribution >= 4 is 21.6 Å². The van der Waals surface area contributed by atoms with Crippen molar-refractivity contribution in [2.24, 2.45) is 16.7 Å². The molecule has 0 spiro atoms. The van der Waals surface area contributed by atoms with Crippen LogP contribution in [0.5, 0.6) is 0 Å². The topological polar surface area (TPSA) is 87.7 Å². The maximum atomic E-state index is 13.4. The lowest BCUT2D eigenvalue weighted by Gasteiger charge is -2.43. The van der Waals surface area contributed by atoms with Crippen LogP contribution in [0.15, 0.2) is 23.1 Å². The van der Waals surface area contributed by atoms with Gasteiger partial charge in [0, 0.05) is 38.3 Å². The van der Waals surface area contributed by atoms with E-state index in [9.17, 15) is 13.2 Å². The minimum atomic E-state index is -3.68. The van der Waals surface area contributed by atoms with Crippen LogP contribution in [-0.2, 0) is 14.8 Å². The molecule has 178 valence electrons. The van der Waals surface area contributed by atoms with E-state index in [0.29, 0.717) is 43.4 Å². The van der Waals surface area contributed by atoms with Crippen molar-refractivity contribution in [2.75, 3.05) is 38.7 Å². The Morgan fingerprint density at radius 3 is 2.56 bits per heavy atom. The van der Waals surface area contributed by atoms with E-state index in [1.165, 1.54) is 10.7 Å². The lowest BCUT2D eigenvalue weighted by molar-refractivity contribution is 0.0737. The molecule has 1 heterocycles. The maximum Gasteiger partial charge on any atom is 0.251 e. The summed E-state index contributed by atoms with van der Waals surface area (Å²) in [4.78, 5) is 13.5. The second-order valence-corrected chi connectivity index (χ2v) is 12.5. The van der Waals surface area contributed by atoms with Gasteiger partial charge in [0.25, 0.3) is 5.91 Å². The van der Waals surface area contributed by atoms with Crippen molar-refractivity contribution in [1.29, 1.82) is 0 Å². The van der Waals surface area contributed by atoms with Crippen LogP contribution >= 0.6 is 0 Å². The van der Waals surface area contributed by atoms with Gasteiger partial charge in [-0.05, 0) is 67.1 Å². The summed E-state index contributed by atoms with van der Waals surface area (Å²) in [6, 6.07) is 5.05. The van der Waals surface area contributed by atoms with Crippen LogP contribution in [0.1, 0.15) is 63.2 Å². The number of nitrogens with zero attached hydrogens (tertiary/aromatic N) is 1. The number of carbonyl (C=O) groups is 1. The molecule has 1 saturated heterocycles. The van der Waals surface area contributed by atoms with Gasteiger partial charge in [0.15, 0.2) is 0 Å². The highest BCUT2D eigenvalue weighted by atomic mass is 32.2. The molecule has 0 radical (unpaired) electrons. The van der Waals surface area contributed by atoms with E-state index >= 15 is 0 Å². The molecule has 1 aromatic rings. The number of anilines is 1. The van der Waals surface area contributed by atoms with Gasteiger partial charge in [-0.25, -0.2) is 8.42 Å². The van der Waals surface area contributed by atoms with Crippen LogP contribution in [0.2, 0.25) is 0 Å². The van der Waals surface area contributed by atoms with E-state index in [-0.39, 0.29) is 27.7 Å². The Kier molecular flexibility index (Phi) is 6.33. The number of hydrogen-bond acceptors (Lipinski definition) is 5. The zero-order valence-electron chi connectivity index (χ0n) is 19.7. The highest BCUT2D eigenvalue weighted by Gasteiger charge is 2.59. The molecule has 1 aliphatic heterocycles. The summed E-state index contributed by atoms with van der Waals surface area (Å²) in [6.07, 6.45) is 5.21. The Hall–Kier alpha value is -1.64. The van der Waals surface area contributed by atoms with Gasteiger partial charge in [-0.1, -0.05) is 20.8 Å². The quantitative estimate of drug-likeness (QED) is 0.577. The van der Waals surface area contributed by atoms with Crippen molar-refractivity contribution in [3.63, 3.8) is 0 Å². The van der Waals surface area contributed by atoms with Crippen LogP contribution in [0.3, 0.4) is 0 Å². The zero-order valence-corrected chi connectivity index (χ0v) is 20.6. The number of nitrogens with one attached hydrogen (secondary N) is 2. The average Bonchev–Trinajstić information content (AvgIpc) is 3.46. The van der Waals surface area contributed by atoms with Crippen molar-refractivity contribution < 1.29 is 17.9 Å². The van der Waals surface area contributed by atoms with E-state index in [0.717, 1.165) is 25.7 Å². The van der Waals surface area contributed by atoms with Gasteiger partial charge < -0.3 is 15.4 Å². The molecule has 8 heteroatoms. The van der Waals surface area contributed by atoms with E-state index in [2.05, 4.69) is 31.4 Å². The fourth-order valence-electron chi connectivity index (χ4n) is 6.26. The fourth-order valence-corrected chi connectivity index (χ4v) is 7.97. The Morgan fingerprint density at radius 1 is 1.22 bits per heavy atom. The maximum absolute atomic E-state index is 13.4. The summed E-state index contributed by atoms with van der Waals surface area (Å²) in [5.74, 6) is 0.425. The predicted molar refractivity (Wildman–Crippen MR) is 125 cm³/mol. The normalized spacial score (nSPS) is 29.4. The molecule has 7 nitrogen and oxygen atoms in total. The second-order valence-electron chi connectivity index (χ2n) is 10.6. The minimum Gasteiger partial charge on any atom is -0.383 e. The van der Waals surface area contributed by atoms with Gasteiger partial charge in [0.2, 0.25) is 10.0 Å². The van der Waals surface area contributed by atoms with Crippen LogP contribution < -0.4 is 10.6 Å². The third-order valence-electron chi connectivity index (χ3n) is 8.09. The third kappa shape index (κ3) is 4.05. The molecule has 2 bridgehead atoms. The second kappa shape index (κ2) is 8.61.